The molecule has 94 valence electrons. The molecule has 2 N–H and O–H groups in total. The van der Waals surface area contributed by atoms with E-state index < -0.39 is 0 Å². The van der Waals surface area contributed by atoms with Crippen molar-refractivity contribution in [2.75, 3.05) is 0 Å². The number of hydrogen-bond donors (Lipinski definition) is 1. The van der Waals surface area contributed by atoms with Crippen LogP contribution in [0, 0.1) is 0 Å². The normalized spacial score (nSPS) is 10.4. The van der Waals surface area contributed by atoms with Gasteiger partial charge in [-0.15, -0.1) is 0 Å². The van der Waals surface area contributed by atoms with Gasteiger partial charge in [-0.3, -0.25) is 0 Å². The van der Waals surface area contributed by atoms with Gasteiger partial charge >= 0.3 is 0 Å². The van der Waals surface area contributed by atoms with E-state index in [2.05, 4.69) is 15.9 Å². The quantitative estimate of drug-likeness (QED) is 0.848. The Hall–Kier alpha value is -0.740. The molecule has 2 aromatic carbocycles. The summed E-state index contributed by atoms with van der Waals surface area (Å²) in [6.45, 7) is 0.483. The van der Waals surface area contributed by atoms with Crippen LogP contribution < -0.4 is 10.5 Å². The van der Waals surface area contributed by atoms with Crippen molar-refractivity contribution < 1.29 is 4.74 Å². The SMILES string of the molecule is NCc1ccc(Oc2cccc(Cl)c2Cl)c(Br)c1. The van der Waals surface area contributed by atoms with Crippen LogP contribution in [0.1, 0.15) is 5.56 Å². The van der Waals surface area contributed by atoms with Crippen LogP contribution in [-0.2, 0) is 6.54 Å². The van der Waals surface area contributed by atoms with E-state index in [0.29, 0.717) is 28.1 Å². The van der Waals surface area contributed by atoms with Gasteiger partial charge in [0.2, 0.25) is 0 Å². The second-order valence-electron chi connectivity index (χ2n) is 3.62. The molecule has 0 atom stereocenters. The average Bonchev–Trinajstić information content (AvgIpc) is 2.37. The molecule has 2 rings (SSSR count). The van der Waals surface area contributed by atoms with Crippen LogP contribution in [0.4, 0.5) is 0 Å². The summed E-state index contributed by atoms with van der Waals surface area (Å²) in [7, 11) is 0. The van der Waals surface area contributed by atoms with Gasteiger partial charge in [-0.1, -0.05) is 35.3 Å². The Kier molecular flexibility index (Phi) is 4.51. The number of benzene rings is 2. The van der Waals surface area contributed by atoms with Crippen LogP contribution in [0.5, 0.6) is 11.5 Å². The van der Waals surface area contributed by atoms with E-state index in [1.165, 1.54) is 0 Å². The molecular formula is C13H10BrCl2NO. The summed E-state index contributed by atoms with van der Waals surface area (Å²) >= 11 is 15.4. The third kappa shape index (κ3) is 2.98. The van der Waals surface area contributed by atoms with Crippen molar-refractivity contribution in [3.63, 3.8) is 0 Å². The lowest BCUT2D eigenvalue weighted by atomic mass is 10.2. The highest BCUT2D eigenvalue weighted by Crippen LogP contribution is 2.37. The molecule has 5 heteroatoms. The molecular weight excluding hydrogens is 337 g/mol. The van der Waals surface area contributed by atoms with Crippen molar-refractivity contribution in [1.29, 1.82) is 0 Å². The van der Waals surface area contributed by atoms with Crippen molar-refractivity contribution in [1.82, 2.24) is 0 Å². The lowest BCUT2D eigenvalue weighted by Gasteiger charge is -2.10. The molecule has 0 radical (unpaired) electrons. The highest BCUT2D eigenvalue weighted by molar-refractivity contribution is 9.10. The molecule has 2 nitrogen and oxygen atoms in total. The van der Waals surface area contributed by atoms with Crippen LogP contribution in [-0.4, -0.2) is 0 Å². The molecule has 2 aromatic rings. The molecule has 0 aliphatic heterocycles. The van der Waals surface area contributed by atoms with Crippen molar-refractivity contribution in [2.45, 2.75) is 6.54 Å². The molecule has 0 bridgehead atoms. The van der Waals surface area contributed by atoms with E-state index in [9.17, 15) is 0 Å². The second-order valence-corrected chi connectivity index (χ2v) is 5.26. The summed E-state index contributed by atoms with van der Waals surface area (Å²) in [5, 5.41) is 0.859. The first kappa shape index (κ1) is 13.7. The Morgan fingerprint density at radius 1 is 1.11 bits per heavy atom. The lowest BCUT2D eigenvalue weighted by Crippen LogP contribution is -1.96. The first-order valence-electron chi connectivity index (χ1n) is 5.22. The summed E-state index contributed by atoms with van der Waals surface area (Å²) in [6, 6.07) is 10.9. The zero-order valence-corrected chi connectivity index (χ0v) is 12.4. The minimum Gasteiger partial charge on any atom is -0.455 e. The van der Waals surface area contributed by atoms with Crippen LogP contribution in [0.25, 0.3) is 0 Å². The first-order chi connectivity index (χ1) is 8.61. The smallest absolute Gasteiger partial charge is 0.147 e. The van der Waals surface area contributed by atoms with Gasteiger partial charge in [-0.25, -0.2) is 0 Å². The standard InChI is InChI=1S/C13H10BrCl2NO/c14-9-6-8(7-17)4-5-11(9)18-12-3-1-2-10(15)13(12)16/h1-6H,7,17H2. The molecule has 0 aromatic heterocycles. The predicted octanol–water partition coefficient (Wildman–Crippen LogP) is 5.01. The number of nitrogens with two attached hydrogens (primary N) is 1. The summed E-state index contributed by atoms with van der Waals surface area (Å²) in [6.07, 6.45) is 0. The number of ether oxygens (including phenoxy) is 1. The zero-order chi connectivity index (χ0) is 13.1. The predicted molar refractivity (Wildman–Crippen MR) is 78.6 cm³/mol. The van der Waals surface area contributed by atoms with Crippen LogP contribution in [0.3, 0.4) is 0 Å². The van der Waals surface area contributed by atoms with Crippen molar-refractivity contribution >= 4 is 39.1 Å². The van der Waals surface area contributed by atoms with Crippen molar-refractivity contribution in [3.05, 3.63) is 56.5 Å². The summed E-state index contributed by atoms with van der Waals surface area (Å²) < 4.78 is 6.54. The van der Waals surface area contributed by atoms with Crippen molar-refractivity contribution in [3.8, 4) is 11.5 Å². The molecule has 0 saturated carbocycles. The second kappa shape index (κ2) is 5.93. The number of halogens is 3. The molecule has 18 heavy (non-hydrogen) atoms. The monoisotopic (exact) mass is 345 g/mol. The van der Waals surface area contributed by atoms with Gasteiger partial charge in [0.1, 0.15) is 16.5 Å². The van der Waals surface area contributed by atoms with E-state index in [4.69, 9.17) is 33.7 Å². The average molecular weight is 347 g/mol. The van der Waals surface area contributed by atoms with Gasteiger partial charge in [0, 0.05) is 6.54 Å². The minimum absolute atomic E-state index is 0.397. The number of rotatable bonds is 3. The molecule has 0 saturated heterocycles. The Bertz CT molecular complexity index is 575. The maximum Gasteiger partial charge on any atom is 0.147 e. The van der Waals surface area contributed by atoms with Gasteiger partial charge < -0.3 is 10.5 Å². The number of hydrogen-bond acceptors (Lipinski definition) is 2. The molecule has 0 amide bonds. The van der Waals surface area contributed by atoms with Gasteiger partial charge in [0.05, 0.1) is 9.50 Å². The Labute approximate surface area is 124 Å². The molecule has 0 spiro atoms. The molecule has 0 heterocycles. The van der Waals surface area contributed by atoms with E-state index >= 15 is 0 Å². The lowest BCUT2D eigenvalue weighted by molar-refractivity contribution is 0.479. The van der Waals surface area contributed by atoms with Crippen molar-refractivity contribution in [2.24, 2.45) is 5.73 Å². The first-order valence-corrected chi connectivity index (χ1v) is 6.77. The summed E-state index contributed by atoms with van der Waals surface area (Å²) in [5.74, 6) is 1.18. The van der Waals surface area contributed by atoms with Gasteiger partial charge in [0.25, 0.3) is 0 Å². The van der Waals surface area contributed by atoms with E-state index in [1.807, 2.05) is 18.2 Å². The molecule has 0 aliphatic carbocycles. The van der Waals surface area contributed by atoms with Crippen LogP contribution >= 0.6 is 39.1 Å². The largest absolute Gasteiger partial charge is 0.455 e. The Balaban J connectivity index is 2.31. The fraction of sp³-hybridized carbons (Fsp3) is 0.0769. The molecule has 0 aliphatic rings. The molecule has 0 fully saturated rings. The highest BCUT2D eigenvalue weighted by Gasteiger charge is 2.09. The van der Waals surface area contributed by atoms with E-state index in [-0.39, 0.29) is 0 Å². The van der Waals surface area contributed by atoms with Gasteiger partial charge in [-0.05, 0) is 45.8 Å². The summed E-state index contributed by atoms with van der Waals surface area (Å²) in [4.78, 5) is 0. The summed E-state index contributed by atoms with van der Waals surface area (Å²) in [5.41, 5.74) is 6.58. The topological polar surface area (TPSA) is 35.2 Å². The third-order valence-corrected chi connectivity index (χ3v) is 3.79. The Morgan fingerprint density at radius 3 is 2.56 bits per heavy atom. The Morgan fingerprint density at radius 2 is 1.89 bits per heavy atom. The van der Waals surface area contributed by atoms with E-state index in [1.54, 1.807) is 18.2 Å². The zero-order valence-electron chi connectivity index (χ0n) is 9.29. The fourth-order valence-corrected chi connectivity index (χ4v) is 2.27. The maximum atomic E-state index is 6.06. The minimum atomic E-state index is 0.397. The maximum absolute atomic E-state index is 6.06. The fourth-order valence-electron chi connectivity index (χ4n) is 1.44. The van der Waals surface area contributed by atoms with Gasteiger partial charge in [-0.2, -0.15) is 0 Å². The van der Waals surface area contributed by atoms with Crippen LogP contribution in [0.15, 0.2) is 40.9 Å². The van der Waals surface area contributed by atoms with Crippen LogP contribution in [0.2, 0.25) is 10.0 Å². The third-order valence-electron chi connectivity index (χ3n) is 2.37. The van der Waals surface area contributed by atoms with Gasteiger partial charge in [0.15, 0.2) is 0 Å². The highest BCUT2D eigenvalue weighted by atomic mass is 79.9. The van der Waals surface area contributed by atoms with E-state index in [0.717, 1.165) is 10.0 Å². The molecule has 0 unspecified atom stereocenters.